The first kappa shape index (κ1) is 7.28. The molecule has 0 radical (unpaired) electrons. The van der Waals surface area contributed by atoms with Gasteiger partial charge in [-0.05, 0) is 18.2 Å². The molecule has 0 bridgehead atoms. The molecular formula is C7H9NOS. The molecule has 1 aromatic carbocycles. The van der Waals surface area contributed by atoms with Crippen molar-refractivity contribution in [1.82, 2.24) is 0 Å². The van der Waals surface area contributed by atoms with E-state index in [9.17, 15) is 0 Å². The SMILES string of the molecule is COc1ccc(S)cc1N. The number of hydrogen-bond donors (Lipinski definition) is 2. The standard InChI is InChI=1S/C7H9NOS/c1-9-7-3-2-5(10)4-6(7)8/h2-4,10H,8H2,1H3. The molecule has 2 nitrogen and oxygen atoms in total. The molecule has 0 aromatic heterocycles. The van der Waals surface area contributed by atoms with Crippen molar-refractivity contribution >= 4 is 18.3 Å². The summed E-state index contributed by atoms with van der Waals surface area (Å²) in [6.07, 6.45) is 0. The van der Waals surface area contributed by atoms with Crippen molar-refractivity contribution in [2.75, 3.05) is 12.8 Å². The third-order valence-electron chi connectivity index (χ3n) is 1.21. The highest BCUT2D eigenvalue weighted by molar-refractivity contribution is 7.80. The number of methoxy groups -OCH3 is 1. The van der Waals surface area contributed by atoms with Gasteiger partial charge in [-0.25, -0.2) is 0 Å². The summed E-state index contributed by atoms with van der Waals surface area (Å²) in [7, 11) is 1.59. The molecule has 0 atom stereocenters. The number of nitrogen functional groups attached to an aromatic ring is 1. The van der Waals surface area contributed by atoms with Crippen molar-refractivity contribution in [3.05, 3.63) is 18.2 Å². The lowest BCUT2D eigenvalue weighted by Crippen LogP contribution is -1.91. The van der Waals surface area contributed by atoms with Gasteiger partial charge in [0.2, 0.25) is 0 Å². The van der Waals surface area contributed by atoms with E-state index in [1.807, 2.05) is 6.07 Å². The Hall–Kier alpha value is -0.830. The van der Waals surface area contributed by atoms with E-state index >= 15 is 0 Å². The van der Waals surface area contributed by atoms with Crippen molar-refractivity contribution in [2.24, 2.45) is 0 Å². The average molecular weight is 155 g/mol. The summed E-state index contributed by atoms with van der Waals surface area (Å²) in [5, 5.41) is 0. The summed E-state index contributed by atoms with van der Waals surface area (Å²) >= 11 is 4.10. The fraction of sp³-hybridized carbons (Fsp3) is 0.143. The van der Waals surface area contributed by atoms with Crippen molar-refractivity contribution in [3.8, 4) is 5.75 Å². The minimum absolute atomic E-state index is 0.620. The van der Waals surface area contributed by atoms with E-state index < -0.39 is 0 Å². The van der Waals surface area contributed by atoms with Gasteiger partial charge < -0.3 is 10.5 Å². The minimum Gasteiger partial charge on any atom is -0.495 e. The van der Waals surface area contributed by atoms with Crippen LogP contribution in [0.4, 0.5) is 5.69 Å². The van der Waals surface area contributed by atoms with Crippen molar-refractivity contribution in [3.63, 3.8) is 0 Å². The Morgan fingerprint density at radius 1 is 1.50 bits per heavy atom. The van der Waals surface area contributed by atoms with E-state index in [4.69, 9.17) is 10.5 Å². The van der Waals surface area contributed by atoms with Crippen LogP contribution in [0.1, 0.15) is 0 Å². The second-order valence-electron chi connectivity index (χ2n) is 1.93. The van der Waals surface area contributed by atoms with Gasteiger partial charge in [-0.2, -0.15) is 0 Å². The van der Waals surface area contributed by atoms with Gasteiger partial charge in [0.05, 0.1) is 12.8 Å². The first-order valence-corrected chi connectivity index (χ1v) is 3.31. The van der Waals surface area contributed by atoms with E-state index in [0.29, 0.717) is 11.4 Å². The van der Waals surface area contributed by atoms with Crippen LogP contribution in [-0.4, -0.2) is 7.11 Å². The quantitative estimate of drug-likeness (QED) is 0.477. The molecule has 1 aromatic rings. The Bertz CT molecular complexity index is 237. The number of anilines is 1. The number of nitrogens with two attached hydrogens (primary N) is 1. The fourth-order valence-electron chi connectivity index (χ4n) is 0.722. The Morgan fingerprint density at radius 2 is 2.20 bits per heavy atom. The lowest BCUT2D eigenvalue weighted by atomic mass is 10.3. The summed E-state index contributed by atoms with van der Waals surface area (Å²) < 4.78 is 4.94. The number of rotatable bonds is 1. The first-order valence-electron chi connectivity index (χ1n) is 2.86. The van der Waals surface area contributed by atoms with Gasteiger partial charge in [0.15, 0.2) is 0 Å². The highest BCUT2D eigenvalue weighted by Crippen LogP contribution is 2.22. The predicted octanol–water partition coefficient (Wildman–Crippen LogP) is 1.57. The molecule has 3 heteroatoms. The normalized spacial score (nSPS) is 9.40. The van der Waals surface area contributed by atoms with Crippen LogP contribution in [0.15, 0.2) is 23.1 Å². The van der Waals surface area contributed by atoms with E-state index in [-0.39, 0.29) is 0 Å². The summed E-state index contributed by atoms with van der Waals surface area (Å²) in [6, 6.07) is 5.37. The summed E-state index contributed by atoms with van der Waals surface area (Å²) in [4.78, 5) is 0.846. The second kappa shape index (κ2) is 2.84. The van der Waals surface area contributed by atoms with Crippen LogP contribution < -0.4 is 10.5 Å². The Labute approximate surface area is 65.4 Å². The summed E-state index contributed by atoms with van der Waals surface area (Å²) in [6.45, 7) is 0. The topological polar surface area (TPSA) is 35.2 Å². The molecule has 0 fully saturated rings. The maximum Gasteiger partial charge on any atom is 0.141 e. The number of ether oxygens (including phenoxy) is 1. The number of benzene rings is 1. The van der Waals surface area contributed by atoms with E-state index in [1.165, 1.54) is 0 Å². The minimum atomic E-state index is 0.620. The van der Waals surface area contributed by atoms with Gasteiger partial charge in [-0.3, -0.25) is 0 Å². The summed E-state index contributed by atoms with van der Waals surface area (Å²) in [5.74, 6) is 0.692. The van der Waals surface area contributed by atoms with E-state index in [2.05, 4.69) is 12.6 Å². The molecule has 10 heavy (non-hydrogen) atoms. The van der Waals surface area contributed by atoms with Crippen molar-refractivity contribution < 1.29 is 4.74 Å². The molecule has 0 aliphatic heterocycles. The zero-order valence-corrected chi connectivity index (χ0v) is 6.56. The average Bonchev–Trinajstić information content (AvgIpc) is 1.88. The van der Waals surface area contributed by atoms with Gasteiger partial charge in [-0.15, -0.1) is 12.6 Å². The van der Waals surface area contributed by atoms with E-state index in [0.717, 1.165) is 4.90 Å². The third-order valence-corrected chi connectivity index (χ3v) is 1.49. The Kier molecular flexibility index (Phi) is 2.06. The molecule has 0 amide bonds. The van der Waals surface area contributed by atoms with Gasteiger partial charge in [0, 0.05) is 4.90 Å². The highest BCUT2D eigenvalue weighted by atomic mass is 32.1. The van der Waals surface area contributed by atoms with Crippen LogP contribution in [-0.2, 0) is 0 Å². The molecule has 0 heterocycles. The fourth-order valence-corrected chi connectivity index (χ4v) is 0.935. The molecule has 0 saturated carbocycles. The molecular weight excluding hydrogens is 146 g/mol. The first-order chi connectivity index (χ1) is 4.74. The zero-order valence-electron chi connectivity index (χ0n) is 5.66. The van der Waals surface area contributed by atoms with Crippen molar-refractivity contribution in [1.29, 1.82) is 0 Å². The van der Waals surface area contributed by atoms with Crippen molar-refractivity contribution in [2.45, 2.75) is 4.90 Å². The highest BCUT2D eigenvalue weighted by Gasteiger charge is 1.96. The smallest absolute Gasteiger partial charge is 0.141 e. The lowest BCUT2D eigenvalue weighted by molar-refractivity contribution is 0.416. The maximum atomic E-state index is 5.56. The van der Waals surface area contributed by atoms with Crippen LogP contribution in [0.25, 0.3) is 0 Å². The summed E-state index contributed by atoms with van der Waals surface area (Å²) in [5.41, 5.74) is 6.18. The third kappa shape index (κ3) is 1.36. The molecule has 0 aliphatic carbocycles. The molecule has 54 valence electrons. The van der Waals surface area contributed by atoms with Gasteiger partial charge >= 0.3 is 0 Å². The van der Waals surface area contributed by atoms with Gasteiger partial charge in [-0.1, -0.05) is 0 Å². The van der Waals surface area contributed by atoms with Crippen LogP contribution in [0.3, 0.4) is 0 Å². The van der Waals surface area contributed by atoms with Gasteiger partial charge in [0.1, 0.15) is 5.75 Å². The molecule has 1 rings (SSSR count). The van der Waals surface area contributed by atoms with Gasteiger partial charge in [0.25, 0.3) is 0 Å². The van der Waals surface area contributed by atoms with Crippen LogP contribution in [0.2, 0.25) is 0 Å². The molecule has 0 aliphatic rings. The van der Waals surface area contributed by atoms with E-state index in [1.54, 1.807) is 19.2 Å². The lowest BCUT2D eigenvalue weighted by Gasteiger charge is -2.02. The Morgan fingerprint density at radius 3 is 2.70 bits per heavy atom. The molecule has 0 spiro atoms. The molecule has 2 N–H and O–H groups in total. The number of thiol groups is 1. The largest absolute Gasteiger partial charge is 0.495 e. The molecule has 0 unspecified atom stereocenters. The monoisotopic (exact) mass is 155 g/mol. The van der Waals surface area contributed by atoms with Crippen LogP contribution in [0.5, 0.6) is 5.75 Å². The molecule has 0 saturated heterocycles. The second-order valence-corrected chi connectivity index (χ2v) is 2.44. The number of hydrogen-bond acceptors (Lipinski definition) is 3. The van der Waals surface area contributed by atoms with Crippen LogP contribution >= 0.6 is 12.6 Å². The Balaban J connectivity index is 3.07. The maximum absolute atomic E-state index is 5.56. The van der Waals surface area contributed by atoms with Crippen LogP contribution in [0, 0.1) is 0 Å². The zero-order chi connectivity index (χ0) is 7.56. The predicted molar refractivity (Wildman–Crippen MR) is 44.7 cm³/mol.